The van der Waals surface area contributed by atoms with E-state index in [1.807, 2.05) is 12.1 Å². The quantitative estimate of drug-likeness (QED) is 0.279. The molecule has 1 atom stereocenters. The normalized spacial score (nSPS) is 14.4. The molecule has 0 bridgehead atoms. The summed E-state index contributed by atoms with van der Waals surface area (Å²) in [5.41, 5.74) is 1.78. The highest BCUT2D eigenvalue weighted by molar-refractivity contribution is 6.36. The minimum absolute atomic E-state index is 0.128. The summed E-state index contributed by atoms with van der Waals surface area (Å²) >= 11 is 12.5. The fourth-order valence-corrected chi connectivity index (χ4v) is 3.89. The molecule has 0 amide bonds. The number of methoxy groups -OCH3 is 2. The van der Waals surface area contributed by atoms with E-state index in [0.717, 1.165) is 5.56 Å². The van der Waals surface area contributed by atoms with E-state index in [1.54, 1.807) is 30.3 Å². The second kappa shape index (κ2) is 11.6. The summed E-state index contributed by atoms with van der Waals surface area (Å²) < 4.78 is 33.3. The molecule has 35 heavy (non-hydrogen) atoms. The van der Waals surface area contributed by atoms with Crippen LogP contribution in [0.25, 0.3) is 0 Å². The average molecular weight is 520 g/mol. The van der Waals surface area contributed by atoms with Crippen LogP contribution in [0.3, 0.4) is 0 Å². The zero-order valence-electron chi connectivity index (χ0n) is 19.0. The van der Waals surface area contributed by atoms with E-state index in [-0.39, 0.29) is 22.1 Å². The van der Waals surface area contributed by atoms with Gasteiger partial charge in [0.2, 0.25) is 0 Å². The van der Waals surface area contributed by atoms with E-state index < -0.39 is 12.3 Å². The lowest BCUT2D eigenvalue weighted by Crippen LogP contribution is -2.18. The maximum absolute atomic E-state index is 13.0. The number of benzene rings is 2. The van der Waals surface area contributed by atoms with Gasteiger partial charge in [-0.05, 0) is 35.9 Å². The molecule has 2 aromatic carbocycles. The first kappa shape index (κ1) is 25.1. The van der Waals surface area contributed by atoms with Crippen molar-refractivity contribution < 1.29 is 33.2 Å². The van der Waals surface area contributed by atoms with Gasteiger partial charge in [-0.1, -0.05) is 35.3 Å². The maximum atomic E-state index is 13.0. The topological polar surface area (TPSA) is 85.3 Å². The molecule has 8 nitrogen and oxygen atoms in total. The van der Waals surface area contributed by atoms with Crippen molar-refractivity contribution in [3.8, 4) is 17.2 Å². The van der Waals surface area contributed by atoms with Crippen molar-refractivity contribution in [3.63, 3.8) is 0 Å². The van der Waals surface area contributed by atoms with Crippen LogP contribution >= 0.6 is 23.2 Å². The van der Waals surface area contributed by atoms with Crippen molar-refractivity contribution in [2.24, 2.45) is 0 Å². The average Bonchev–Trinajstić information content (AvgIpc) is 3.38. The lowest BCUT2D eigenvalue weighted by molar-refractivity contribution is -0.0507. The van der Waals surface area contributed by atoms with Crippen LogP contribution in [0.2, 0.25) is 10.0 Å². The van der Waals surface area contributed by atoms with Crippen LogP contribution in [-0.2, 0) is 20.6 Å². The molecule has 1 saturated heterocycles. The molecular weight excluding hydrogens is 497 g/mol. The van der Waals surface area contributed by atoms with Crippen LogP contribution in [0.4, 0.5) is 0 Å². The summed E-state index contributed by atoms with van der Waals surface area (Å²) in [7, 11) is 3.03. The fraction of sp³-hybridized carbons (Fsp3) is 0.280. The van der Waals surface area contributed by atoms with Crippen LogP contribution in [0, 0.1) is 0 Å². The largest absolute Gasteiger partial charge is 0.493 e. The highest BCUT2D eigenvalue weighted by Crippen LogP contribution is 2.37. The van der Waals surface area contributed by atoms with E-state index in [4.69, 9.17) is 51.6 Å². The Hall–Kier alpha value is -3.04. The molecule has 4 rings (SSSR count). The van der Waals surface area contributed by atoms with Crippen molar-refractivity contribution in [2.45, 2.75) is 19.0 Å². The maximum Gasteiger partial charge on any atom is 0.341 e. The van der Waals surface area contributed by atoms with Crippen molar-refractivity contribution in [1.29, 1.82) is 0 Å². The standard InChI is InChI=1S/C25H23Cl2NO7/c1-30-20-8-7-17(12-21(20)31-2)25(34-23-18(26)13-28-14-19(23)27)35-24(29)16-5-3-15(4-6-16)11-22-32-9-10-33-22/h3-8,12-14,22,25H,9-11H2,1-2H3/t25-/m1/s1. The van der Waals surface area contributed by atoms with Crippen LogP contribution in [-0.4, -0.2) is 44.7 Å². The summed E-state index contributed by atoms with van der Waals surface area (Å²) in [6.45, 7) is 1.16. The monoisotopic (exact) mass is 519 g/mol. The molecule has 184 valence electrons. The van der Waals surface area contributed by atoms with Crippen molar-refractivity contribution in [3.05, 3.63) is 81.6 Å². The Bertz CT molecular complexity index is 1150. The van der Waals surface area contributed by atoms with Crippen LogP contribution in [0.5, 0.6) is 17.2 Å². The Balaban J connectivity index is 1.57. The van der Waals surface area contributed by atoms with Gasteiger partial charge in [-0.15, -0.1) is 0 Å². The Morgan fingerprint density at radius 1 is 1.00 bits per heavy atom. The SMILES string of the molecule is COc1ccc([C@@H](OC(=O)c2ccc(CC3OCCO3)cc2)Oc2c(Cl)cncc2Cl)cc1OC. The second-order valence-corrected chi connectivity index (χ2v) is 8.29. The van der Waals surface area contributed by atoms with E-state index in [1.165, 1.54) is 26.6 Å². The first-order valence-electron chi connectivity index (χ1n) is 10.7. The summed E-state index contributed by atoms with van der Waals surface area (Å²) in [4.78, 5) is 17.0. The van der Waals surface area contributed by atoms with E-state index in [9.17, 15) is 4.79 Å². The Morgan fingerprint density at radius 2 is 1.66 bits per heavy atom. The third-order valence-electron chi connectivity index (χ3n) is 5.21. The molecule has 1 fully saturated rings. The van der Waals surface area contributed by atoms with Crippen LogP contribution < -0.4 is 14.2 Å². The predicted octanol–water partition coefficient (Wildman–Crippen LogP) is 5.26. The molecule has 0 unspecified atom stereocenters. The summed E-state index contributed by atoms with van der Waals surface area (Å²) in [6.07, 6.45) is 1.88. The van der Waals surface area contributed by atoms with Gasteiger partial charge < -0.3 is 28.4 Å². The Labute approximate surface area is 212 Å². The first-order chi connectivity index (χ1) is 17.0. The number of halogens is 2. The number of ether oxygens (including phenoxy) is 6. The van der Waals surface area contributed by atoms with Crippen molar-refractivity contribution in [1.82, 2.24) is 4.98 Å². The van der Waals surface area contributed by atoms with E-state index >= 15 is 0 Å². The van der Waals surface area contributed by atoms with Gasteiger partial charge in [-0.3, -0.25) is 4.98 Å². The summed E-state index contributed by atoms with van der Waals surface area (Å²) in [6, 6.07) is 12.0. The van der Waals surface area contributed by atoms with Crippen molar-refractivity contribution >= 4 is 29.2 Å². The molecule has 1 aliphatic rings. The zero-order chi connectivity index (χ0) is 24.8. The highest BCUT2D eigenvalue weighted by Gasteiger charge is 2.24. The number of esters is 1. The highest BCUT2D eigenvalue weighted by atomic mass is 35.5. The van der Waals surface area contributed by atoms with Gasteiger partial charge in [0, 0.05) is 24.4 Å². The molecule has 0 aliphatic carbocycles. The number of nitrogens with zero attached hydrogens (tertiary/aromatic N) is 1. The Kier molecular flexibility index (Phi) is 8.30. The molecule has 1 aromatic heterocycles. The lowest BCUT2D eigenvalue weighted by Gasteiger charge is -2.22. The minimum atomic E-state index is -1.19. The van der Waals surface area contributed by atoms with Crippen molar-refractivity contribution in [2.75, 3.05) is 27.4 Å². The zero-order valence-corrected chi connectivity index (χ0v) is 20.5. The predicted molar refractivity (Wildman–Crippen MR) is 128 cm³/mol. The number of aromatic nitrogens is 1. The number of pyridine rings is 1. The number of rotatable bonds is 9. The molecule has 1 aliphatic heterocycles. The third-order valence-corrected chi connectivity index (χ3v) is 5.75. The minimum Gasteiger partial charge on any atom is -0.493 e. The van der Waals surface area contributed by atoms with E-state index in [2.05, 4.69) is 4.98 Å². The molecule has 0 saturated carbocycles. The number of carbonyl (C=O) groups excluding carboxylic acids is 1. The van der Waals surface area contributed by atoms with Gasteiger partial charge in [0.25, 0.3) is 6.29 Å². The van der Waals surface area contributed by atoms with Crippen LogP contribution in [0.15, 0.2) is 54.9 Å². The number of carbonyl (C=O) groups is 1. The van der Waals surface area contributed by atoms with E-state index in [0.29, 0.717) is 42.3 Å². The molecular formula is C25H23Cl2NO7. The van der Waals surface area contributed by atoms with Crippen LogP contribution in [0.1, 0.15) is 27.8 Å². The first-order valence-corrected chi connectivity index (χ1v) is 11.4. The lowest BCUT2D eigenvalue weighted by atomic mass is 10.1. The molecule has 3 aromatic rings. The number of hydrogen-bond donors (Lipinski definition) is 0. The van der Waals surface area contributed by atoms with Gasteiger partial charge in [0.1, 0.15) is 10.0 Å². The summed E-state index contributed by atoms with van der Waals surface area (Å²) in [5.74, 6) is 0.461. The number of hydrogen-bond acceptors (Lipinski definition) is 8. The fourth-order valence-electron chi connectivity index (χ4n) is 3.44. The summed E-state index contributed by atoms with van der Waals surface area (Å²) in [5, 5.41) is 0.333. The van der Waals surface area contributed by atoms with Gasteiger partial charge >= 0.3 is 5.97 Å². The molecule has 0 radical (unpaired) electrons. The van der Waals surface area contributed by atoms with Gasteiger partial charge in [-0.25, -0.2) is 4.79 Å². The molecule has 10 heteroatoms. The molecule has 0 N–H and O–H groups in total. The van der Waals surface area contributed by atoms with Gasteiger partial charge in [-0.2, -0.15) is 0 Å². The smallest absolute Gasteiger partial charge is 0.341 e. The van der Waals surface area contributed by atoms with Gasteiger partial charge in [0.05, 0.1) is 33.0 Å². The Morgan fingerprint density at radius 3 is 2.29 bits per heavy atom. The molecule has 2 heterocycles. The van der Waals surface area contributed by atoms with Gasteiger partial charge in [0.15, 0.2) is 23.5 Å². The third kappa shape index (κ3) is 6.15. The second-order valence-electron chi connectivity index (χ2n) is 7.47. The molecule has 0 spiro atoms.